The lowest BCUT2D eigenvalue weighted by Crippen LogP contribution is -2.25. The second-order valence-corrected chi connectivity index (χ2v) is 5.77. The number of nitrogens with zero attached hydrogens (tertiary/aromatic N) is 3. The van der Waals surface area contributed by atoms with Crippen molar-refractivity contribution in [2.45, 2.75) is 6.54 Å². The fraction of sp³-hybridized carbons (Fsp3) is 0.167. The Morgan fingerprint density at radius 1 is 1.00 bits per heavy atom. The van der Waals surface area contributed by atoms with Gasteiger partial charge in [0.05, 0.1) is 18.4 Å². The summed E-state index contributed by atoms with van der Waals surface area (Å²) in [4.78, 5) is 16.5. The van der Waals surface area contributed by atoms with Crippen LogP contribution in [0.2, 0.25) is 5.02 Å². The molecule has 0 saturated carbocycles. The van der Waals surface area contributed by atoms with Crippen LogP contribution in [0.3, 0.4) is 0 Å². The number of nitrogens with one attached hydrogen (secondary N) is 2. The van der Waals surface area contributed by atoms with Gasteiger partial charge in [-0.2, -0.15) is 5.10 Å². The van der Waals surface area contributed by atoms with Crippen molar-refractivity contribution >= 4 is 23.1 Å². The number of hydrogen-bond acceptors (Lipinski definition) is 5. The molecule has 0 amide bonds. The van der Waals surface area contributed by atoms with Crippen LogP contribution < -0.4 is 16.2 Å². The van der Waals surface area contributed by atoms with Gasteiger partial charge < -0.3 is 10.6 Å². The van der Waals surface area contributed by atoms with E-state index in [0.29, 0.717) is 25.3 Å². The Balaban J connectivity index is 1.59. The molecule has 0 saturated heterocycles. The van der Waals surface area contributed by atoms with Crippen LogP contribution in [0.5, 0.6) is 0 Å². The Hall–Kier alpha value is -2.86. The molecular formula is C18H18ClN5O. The Kier molecular flexibility index (Phi) is 5.64. The van der Waals surface area contributed by atoms with Crippen LogP contribution in [0.25, 0.3) is 0 Å². The van der Waals surface area contributed by atoms with Crippen molar-refractivity contribution in [2.24, 2.45) is 0 Å². The highest BCUT2D eigenvalue weighted by Gasteiger charge is 2.09. The largest absolute Gasteiger partial charge is 0.381 e. The molecule has 0 aliphatic carbocycles. The highest BCUT2D eigenvalue weighted by molar-refractivity contribution is 6.32. The average Bonchev–Trinajstić information content (AvgIpc) is 2.66. The minimum Gasteiger partial charge on any atom is -0.381 e. The summed E-state index contributed by atoms with van der Waals surface area (Å²) in [5.41, 5.74) is 1.21. The molecule has 7 heteroatoms. The predicted octanol–water partition coefficient (Wildman–Crippen LogP) is 2.86. The zero-order valence-corrected chi connectivity index (χ0v) is 14.3. The molecule has 3 aromatic rings. The molecule has 0 atom stereocenters. The van der Waals surface area contributed by atoms with Gasteiger partial charge in [-0.15, -0.1) is 0 Å². The first-order valence-corrected chi connectivity index (χ1v) is 8.30. The number of halogens is 1. The topological polar surface area (TPSA) is 71.8 Å². The molecule has 0 aliphatic heterocycles. The molecule has 0 radical (unpaired) electrons. The molecule has 0 fully saturated rings. The van der Waals surface area contributed by atoms with Gasteiger partial charge in [-0.25, -0.2) is 9.67 Å². The molecule has 6 nitrogen and oxygen atoms in total. The van der Waals surface area contributed by atoms with Crippen molar-refractivity contribution in [1.82, 2.24) is 14.8 Å². The SMILES string of the molecule is O=c1c(Cl)c(NCCNc2ccccn2)cnn1Cc1ccccc1. The van der Waals surface area contributed by atoms with Gasteiger partial charge in [0.15, 0.2) is 0 Å². The van der Waals surface area contributed by atoms with Gasteiger partial charge in [0.1, 0.15) is 10.8 Å². The molecule has 0 unspecified atom stereocenters. The van der Waals surface area contributed by atoms with E-state index in [1.807, 2.05) is 48.5 Å². The average molecular weight is 356 g/mol. The molecule has 0 bridgehead atoms. The van der Waals surface area contributed by atoms with Gasteiger partial charge in [-0.05, 0) is 17.7 Å². The maximum absolute atomic E-state index is 12.4. The summed E-state index contributed by atoms with van der Waals surface area (Å²) in [5.74, 6) is 0.798. The lowest BCUT2D eigenvalue weighted by molar-refractivity contribution is 0.640. The number of benzene rings is 1. The molecule has 2 heterocycles. The maximum atomic E-state index is 12.4. The predicted molar refractivity (Wildman–Crippen MR) is 100 cm³/mol. The van der Waals surface area contributed by atoms with E-state index < -0.39 is 0 Å². The molecular weight excluding hydrogens is 338 g/mol. The summed E-state index contributed by atoms with van der Waals surface area (Å²) in [6, 6.07) is 15.3. The first-order valence-electron chi connectivity index (χ1n) is 7.92. The standard InChI is InChI=1S/C18H18ClN5O/c19-17-15(20-10-11-22-16-8-4-5-9-21-16)12-23-24(18(17)25)13-14-6-2-1-3-7-14/h1-9,12,20H,10-11,13H2,(H,21,22). The molecule has 128 valence electrons. The van der Waals surface area contributed by atoms with Gasteiger partial charge >= 0.3 is 0 Å². The van der Waals surface area contributed by atoms with Crippen molar-refractivity contribution < 1.29 is 0 Å². The summed E-state index contributed by atoms with van der Waals surface area (Å²) in [5, 5.41) is 10.6. The van der Waals surface area contributed by atoms with E-state index in [4.69, 9.17) is 11.6 Å². The summed E-state index contributed by atoms with van der Waals surface area (Å²) in [6.45, 7) is 1.61. The van der Waals surface area contributed by atoms with E-state index >= 15 is 0 Å². The second kappa shape index (κ2) is 8.30. The zero-order valence-electron chi connectivity index (χ0n) is 13.5. The lowest BCUT2D eigenvalue weighted by Gasteiger charge is -2.11. The molecule has 25 heavy (non-hydrogen) atoms. The first kappa shape index (κ1) is 17.0. The molecule has 2 aromatic heterocycles. The van der Waals surface area contributed by atoms with Crippen LogP contribution in [0, 0.1) is 0 Å². The van der Waals surface area contributed by atoms with Crippen LogP contribution in [0.15, 0.2) is 65.7 Å². The van der Waals surface area contributed by atoms with Crippen LogP contribution >= 0.6 is 11.6 Å². The summed E-state index contributed by atoms with van der Waals surface area (Å²) < 4.78 is 1.36. The summed E-state index contributed by atoms with van der Waals surface area (Å²) in [7, 11) is 0. The molecule has 1 aromatic carbocycles. The number of anilines is 2. The fourth-order valence-electron chi connectivity index (χ4n) is 2.31. The van der Waals surface area contributed by atoms with E-state index in [9.17, 15) is 4.79 Å². The smallest absolute Gasteiger partial charge is 0.287 e. The van der Waals surface area contributed by atoms with Gasteiger partial charge in [0.25, 0.3) is 5.56 Å². The van der Waals surface area contributed by atoms with Crippen molar-refractivity contribution in [3.8, 4) is 0 Å². The molecule has 0 aliphatic rings. The van der Waals surface area contributed by atoms with Crippen molar-refractivity contribution in [3.05, 3.63) is 81.9 Å². The van der Waals surface area contributed by atoms with Crippen LogP contribution in [0.4, 0.5) is 11.5 Å². The number of aromatic nitrogens is 3. The van der Waals surface area contributed by atoms with E-state index in [-0.39, 0.29) is 10.6 Å². The third-order valence-corrected chi connectivity index (χ3v) is 3.94. The first-order chi connectivity index (χ1) is 12.2. The highest BCUT2D eigenvalue weighted by atomic mass is 35.5. The quantitative estimate of drug-likeness (QED) is 0.638. The lowest BCUT2D eigenvalue weighted by atomic mass is 10.2. The van der Waals surface area contributed by atoms with Gasteiger partial charge in [-0.1, -0.05) is 48.0 Å². The normalized spacial score (nSPS) is 10.4. The van der Waals surface area contributed by atoms with Gasteiger partial charge in [0.2, 0.25) is 0 Å². The van der Waals surface area contributed by atoms with E-state index in [1.54, 1.807) is 12.4 Å². The molecule has 2 N–H and O–H groups in total. The number of hydrogen-bond donors (Lipinski definition) is 2. The monoisotopic (exact) mass is 355 g/mol. The van der Waals surface area contributed by atoms with E-state index in [1.165, 1.54) is 4.68 Å². The fourth-order valence-corrected chi connectivity index (χ4v) is 2.53. The van der Waals surface area contributed by atoms with Gasteiger partial charge in [-0.3, -0.25) is 4.79 Å². The maximum Gasteiger partial charge on any atom is 0.287 e. The third-order valence-electron chi connectivity index (χ3n) is 3.57. The van der Waals surface area contributed by atoms with Crippen LogP contribution in [-0.4, -0.2) is 27.9 Å². The van der Waals surface area contributed by atoms with Crippen molar-refractivity contribution in [2.75, 3.05) is 23.7 Å². The van der Waals surface area contributed by atoms with Crippen LogP contribution in [-0.2, 0) is 6.54 Å². The van der Waals surface area contributed by atoms with E-state index in [0.717, 1.165) is 11.4 Å². The van der Waals surface area contributed by atoms with E-state index in [2.05, 4.69) is 20.7 Å². The zero-order chi connectivity index (χ0) is 17.5. The second-order valence-electron chi connectivity index (χ2n) is 5.39. The minimum atomic E-state index is -0.312. The Morgan fingerprint density at radius 3 is 2.52 bits per heavy atom. The van der Waals surface area contributed by atoms with Crippen molar-refractivity contribution in [3.63, 3.8) is 0 Å². The number of pyridine rings is 1. The molecule has 0 spiro atoms. The Bertz CT molecular complexity index is 868. The third kappa shape index (κ3) is 4.58. The summed E-state index contributed by atoms with van der Waals surface area (Å²) in [6.07, 6.45) is 3.30. The van der Waals surface area contributed by atoms with Gasteiger partial charge in [0, 0.05) is 19.3 Å². The number of rotatable bonds is 7. The minimum absolute atomic E-state index is 0.142. The Labute approximate surface area is 150 Å². The van der Waals surface area contributed by atoms with Crippen LogP contribution in [0.1, 0.15) is 5.56 Å². The molecule has 3 rings (SSSR count). The summed E-state index contributed by atoms with van der Waals surface area (Å²) >= 11 is 6.19. The Morgan fingerprint density at radius 2 is 1.76 bits per heavy atom. The van der Waals surface area contributed by atoms with Crippen molar-refractivity contribution in [1.29, 1.82) is 0 Å². The highest BCUT2D eigenvalue weighted by Crippen LogP contribution is 2.15.